The van der Waals surface area contributed by atoms with Gasteiger partial charge in [0.05, 0.1) is 9.52 Å². The molecule has 0 aromatic heterocycles. The SMILES string of the molecule is CCC(C)c1ccc2[cH-]c(C(C)C)cc2c1-c1ccccc1.[Cl][Zr+2][Cl].[c-]1cccc2c1[Si]c1ccccc1-2. The monoisotopic (exact) mass is 628 g/mol. The molecule has 1 unspecified atom stereocenters. The summed E-state index contributed by atoms with van der Waals surface area (Å²) >= 11 is -0.826. The molecule has 38 heavy (non-hydrogen) atoms. The summed E-state index contributed by atoms with van der Waals surface area (Å²) in [7, 11) is 10.7. The summed E-state index contributed by atoms with van der Waals surface area (Å²) in [4.78, 5) is 0. The zero-order chi connectivity index (χ0) is 27.1. The van der Waals surface area contributed by atoms with Crippen LogP contribution in [0.5, 0.6) is 0 Å². The molecular weight excluding hydrogens is 599 g/mol. The Labute approximate surface area is 249 Å². The summed E-state index contributed by atoms with van der Waals surface area (Å²) < 4.78 is 0. The first-order valence-corrected chi connectivity index (χ1v) is 20.4. The van der Waals surface area contributed by atoms with Crippen LogP contribution in [0.3, 0.4) is 0 Å². The van der Waals surface area contributed by atoms with E-state index in [1.54, 1.807) is 0 Å². The minimum Gasteiger partial charge on any atom is -0.184 e. The van der Waals surface area contributed by atoms with E-state index in [4.69, 9.17) is 17.0 Å². The van der Waals surface area contributed by atoms with Crippen molar-refractivity contribution in [2.24, 2.45) is 0 Å². The van der Waals surface area contributed by atoms with Gasteiger partial charge in [-0.1, -0.05) is 104 Å². The quantitative estimate of drug-likeness (QED) is 0.135. The van der Waals surface area contributed by atoms with Crippen molar-refractivity contribution in [2.75, 3.05) is 0 Å². The molecule has 0 saturated heterocycles. The number of rotatable bonds is 4. The van der Waals surface area contributed by atoms with E-state index in [2.05, 4.69) is 125 Å². The van der Waals surface area contributed by atoms with Crippen molar-refractivity contribution in [3.8, 4) is 22.3 Å². The van der Waals surface area contributed by atoms with Gasteiger partial charge in [-0.2, -0.15) is 35.5 Å². The van der Waals surface area contributed by atoms with Gasteiger partial charge in [-0.05, 0) is 23.8 Å². The predicted molar refractivity (Wildman–Crippen MR) is 165 cm³/mol. The van der Waals surface area contributed by atoms with Crippen molar-refractivity contribution in [1.82, 2.24) is 0 Å². The number of hydrogen-bond acceptors (Lipinski definition) is 0. The number of benzene rings is 4. The van der Waals surface area contributed by atoms with Gasteiger partial charge in [0, 0.05) is 0 Å². The summed E-state index contributed by atoms with van der Waals surface area (Å²) in [5, 5.41) is 5.60. The fraction of sp³-hybridized carbons (Fsp3) is 0.206. The molecule has 1 aliphatic rings. The van der Waals surface area contributed by atoms with Gasteiger partial charge in [0.15, 0.2) is 0 Å². The maximum Gasteiger partial charge on any atom is 0.0920 e. The van der Waals surface area contributed by atoms with Crippen LogP contribution in [-0.4, -0.2) is 9.52 Å². The Morgan fingerprint density at radius 2 is 1.55 bits per heavy atom. The minimum absolute atomic E-state index is 0.572. The second kappa shape index (κ2) is 14.0. The Kier molecular flexibility index (Phi) is 10.7. The second-order valence-electron chi connectivity index (χ2n) is 9.85. The summed E-state index contributed by atoms with van der Waals surface area (Å²) in [6.07, 6.45) is 1.17. The van der Waals surface area contributed by atoms with Crippen LogP contribution in [0.4, 0.5) is 0 Å². The van der Waals surface area contributed by atoms with Crippen molar-refractivity contribution in [3.63, 3.8) is 0 Å². The standard InChI is InChI=1S/C22H25.C12H7Si.2ClH.Zr/c1-5-16(4)20-12-11-18-13-19(15(2)3)14-21(18)22(20)17-9-7-6-8-10-17;1-3-7-11-9(5-1)10-6-2-4-8-12(10)13-11;;;/h6-16H,5H2,1-4H3;1-7H;2*1H;/q2*-1;;;+4/p-2. The van der Waals surface area contributed by atoms with Crippen molar-refractivity contribution >= 4 is 47.7 Å². The van der Waals surface area contributed by atoms with Crippen LogP contribution in [0, 0.1) is 6.07 Å². The molecule has 1 atom stereocenters. The van der Waals surface area contributed by atoms with E-state index in [-0.39, 0.29) is 0 Å². The van der Waals surface area contributed by atoms with Gasteiger partial charge < -0.3 is 0 Å². The molecule has 4 heteroatoms. The molecule has 0 aliphatic carbocycles. The van der Waals surface area contributed by atoms with Gasteiger partial charge in [-0.25, -0.2) is 0 Å². The van der Waals surface area contributed by atoms with E-state index in [1.807, 2.05) is 6.07 Å². The molecule has 2 radical (unpaired) electrons. The first-order valence-electron chi connectivity index (χ1n) is 13.1. The number of halogens is 2. The van der Waals surface area contributed by atoms with Crippen LogP contribution >= 0.6 is 17.0 Å². The minimum atomic E-state index is -0.826. The van der Waals surface area contributed by atoms with Crippen LogP contribution in [0.2, 0.25) is 0 Å². The van der Waals surface area contributed by atoms with Gasteiger partial charge in [-0.3, -0.25) is 0 Å². The zero-order valence-corrected chi connectivity index (χ0v) is 27.3. The summed E-state index contributed by atoms with van der Waals surface area (Å²) in [5.74, 6) is 1.15. The number of fused-ring (bicyclic) bond motifs is 4. The maximum absolute atomic E-state index is 4.93. The van der Waals surface area contributed by atoms with E-state index in [1.165, 1.54) is 60.9 Å². The summed E-state index contributed by atoms with van der Waals surface area (Å²) in [6.45, 7) is 9.14. The molecule has 0 saturated carbocycles. The van der Waals surface area contributed by atoms with Gasteiger partial charge >= 0.3 is 37.9 Å². The molecule has 1 heterocycles. The van der Waals surface area contributed by atoms with Gasteiger partial charge in [0.25, 0.3) is 0 Å². The molecule has 1 aliphatic heterocycles. The largest absolute Gasteiger partial charge is 0.184 e. The average molecular weight is 631 g/mol. The van der Waals surface area contributed by atoms with Crippen LogP contribution in [0.25, 0.3) is 33.0 Å². The van der Waals surface area contributed by atoms with E-state index < -0.39 is 20.8 Å². The molecule has 0 nitrogen and oxygen atoms in total. The Hall–Kier alpha value is -1.83. The molecule has 0 amide bonds. The van der Waals surface area contributed by atoms with Crippen molar-refractivity contribution in [2.45, 2.75) is 46.0 Å². The van der Waals surface area contributed by atoms with Gasteiger partial charge in [0.2, 0.25) is 0 Å². The average Bonchev–Trinajstić information content (AvgIpc) is 3.55. The molecule has 5 aromatic rings. The Bertz CT molecular complexity index is 1430. The van der Waals surface area contributed by atoms with E-state index in [0.29, 0.717) is 11.8 Å². The maximum atomic E-state index is 4.93. The first kappa shape index (κ1) is 29.2. The Balaban J connectivity index is 0.000000177. The molecule has 0 bridgehead atoms. The van der Waals surface area contributed by atoms with Crippen molar-refractivity contribution in [1.29, 1.82) is 0 Å². The normalized spacial score (nSPS) is 12.0. The third-order valence-corrected chi connectivity index (χ3v) is 8.52. The van der Waals surface area contributed by atoms with Crippen LogP contribution in [0.15, 0.2) is 97.1 Å². The van der Waals surface area contributed by atoms with Gasteiger partial charge in [0.1, 0.15) is 0 Å². The first-order chi connectivity index (χ1) is 18.5. The third-order valence-electron chi connectivity index (χ3n) is 7.15. The fourth-order valence-corrected chi connectivity index (χ4v) is 6.25. The predicted octanol–water partition coefficient (Wildman–Crippen LogP) is 9.36. The molecule has 6 rings (SSSR count). The second-order valence-corrected chi connectivity index (χ2v) is 14.9. The number of hydrogen-bond donors (Lipinski definition) is 0. The fourth-order valence-electron chi connectivity index (χ4n) is 4.94. The topological polar surface area (TPSA) is 0 Å². The van der Waals surface area contributed by atoms with E-state index in [9.17, 15) is 0 Å². The smallest absolute Gasteiger partial charge is 0.0920 e. The van der Waals surface area contributed by atoms with Crippen LogP contribution in [0.1, 0.15) is 57.1 Å². The van der Waals surface area contributed by atoms with Gasteiger partial charge in [-0.15, -0.1) is 40.1 Å². The Morgan fingerprint density at radius 1 is 0.868 bits per heavy atom. The molecule has 0 N–H and O–H groups in total. The van der Waals surface area contributed by atoms with Crippen molar-refractivity contribution in [3.05, 3.63) is 114 Å². The third kappa shape index (κ3) is 6.65. The molecule has 0 spiro atoms. The van der Waals surface area contributed by atoms with Crippen molar-refractivity contribution < 1.29 is 20.8 Å². The Morgan fingerprint density at radius 3 is 2.26 bits per heavy atom. The summed E-state index contributed by atoms with van der Waals surface area (Å²) in [6, 6.07) is 38.4. The molecule has 0 fully saturated rings. The summed E-state index contributed by atoms with van der Waals surface area (Å²) in [5.41, 5.74) is 8.45. The molecular formula is C34H32Cl2SiZr. The van der Waals surface area contributed by atoms with Crippen LogP contribution < -0.4 is 10.4 Å². The molecule has 190 valence electrons. The zero-order valence-electron chi connectivity index (χ0n) is 22.4. The molecule has 5 aromatic carbocycles. The van der Waals surface area contributed by atoms with E-state index >= 15 is 0 Å². The van der Waals surface area contributed by atoms with Crippen LogP contribution in [-0.2, 0) is 20.8 Å². The van der Waals surface area contributed by atoms with E-state index in [0.717, 1.165) is 9.52 Å².